The van der Waals surface area contributed by atoms with E-state index >= 15 is 0 Å². The quantitative estimate of drug-likeness (QED) is 0.792. The molecule has 21 heavy (non-hydrogen) atoms. The second-order valence-electron chi connectivity index (χ2n) is 4.65. The number of hydrogen-bond acceptors (Lipinski definition) is 4. The van der Waals surface area contributed by atoms with E-state index in [4.69, 9.17) is 0 Å². The smallest absolute Gasteiger partial charge is 0.243 e. The minimum Gasteiger partial charge on any atom is -0.325 e. The maximum Gasteiger partial charge on any atom is 0.243 e. The number of benzene rings is 1. The second kappa shape index (κ2) is 7.53. The maximum absolute atomic E-state index is 12.6. The Balaban J connectivity index is 3.16. The van der Waals surface area contributed by atoms with Gasteiger partial charge in [-0.15, -0.1) is 0 Å². The van der Waals surface area contributed by atoms with Gasteiger partial charge >= 0.3 is 0 Å². The lowest BCUT2D eigenvalue weighted by Gasteiger charge is -2.20. The lowest BCUT2D eigenvalue weighted by atomic mass is 10.2. The largest absolute Gasteiger partial charge is 0.325 e. The van der Waals surface area contributed by atoms with Crippen LogP contribution in [0.25, 0.3) is 0 Å². The third kappa shape index (κ3) is 4.26. The molecule has 0 radical (unpaired) electrons. The molecule has 1 rings (SSSR count). The molecule has 0 aliphatic heterocycles. The molecule has 7 heteroatoms. The molecule has 0 fully saturated rings. The van der Waals surface area contributed by atoms with Crippen LogP contribution < -0.4 is 10.6 Å². The van der Waals surface area contributed by atoms with Gasteiger partial charge < -0.3 is 10.6 Å². The van der Waals surface area contributed by atoms with Crippen molar-refractivity contribution in [1.29, 1.82) is 0 Å². The molecule has 0 unspecified atom stereocenters. The summed E-state index contributed by atoms with van der Waals surface area (Å²) in [5.74, 6) is -0.215. The number of carbonyl (C=O) groups is 1. The molecule has 0 aliphatic carbocycles. The van der Waals surface area contributed by atoms with Crippen LogP contribution in [0.3, 0.4) is 0 Å². The van der Waals surface area contributed by atoms with Crippen molar-refractivity contribution in [2.45, 2.75) is 25.7 Å². The van der Waals surface area contributed by atoms with E-state index in [1.165, 1.54) is 10.4 Å². The molecule has 0 aliphatic rings. The summed E-state index contributed by atoms with van der Waals surface area (Å²) in [6.07, 6.45) is 0. The summed E-state index contributed by atoms with van der Waals surface area (Å²) < 4.78 is 26.6. The minimum atomic E-state index is -3.54. The van der Waals surface area contributed by atoms with Gasteiger partial charge in [0.25, 0.3) is 0 Å². The summed E-state index contributed by atoms with van der Waals surface area (Å²) in [6.45, 7) is 6.34. The fourth-order valence-corrected chi connectivity index (χ4v) is 3.73. The third-order valence-corrected chi connectivity index (χ3v) is 5.32. The molecule has 0 spiro atoms. The van der Waals surface area contributed by atoms with Gasteiger partial charge in [0.15, 0.2) is 0 Å². The van der Waals surface area contributed by atoms with Crippen LogP contribution in [0.15, 0.2) is 23.1 Å². The maximum atomic E-state index is 12.6. The molecule has 0 heterocycles. The molecule has 1 aromatic carbocycles. The van der Waals surface area contributed by atoms with Gasteiger partial charge in [0.2, 0.25) is 15.9 Å². The predicted octanol–water partition coefficient (Wildman–Crippen LogP) is 1.18. The van der Waals surface area contributed by atoms with E-state index in [0.29, 0.717) is 24.3 Å². The minimum absolute atomic E-state index is 0.173. The van der Waals surface area contributed by atoms with Crippen molar-refractivity contribution in [2.24, 2.45) is 0 Å². The molecular weight excluding hydrogens is 290 g/mol. The molecule has 0 saturated heterocycles. The van der Waals surface area contributed by atoms with E-state index in [2.05, 4.69) is 10.6 Å². The van der Waals surface area contributed by atoms with Gasteiger partial charge in [-0.2, -0.15) is 4.31 Å². The lowest BCUT2D eigenvalue weighted by molar-refractivity contribution is -0.115. The predicted molar refractivity (Wildman–Crippen MR) is 83.8 cm³/mol. The zero-order valence-corrected chi connectivity index (χ0v) is 13.8. The first-order chi connectivity index (χ1) is 9.86. The van der Waals surface area contributed by atoms with Crippen LogP contribution in [0.5, 0.6) is 0 Å². The van der Waals surface area contributed by atoms with Crippen LogP contribution in [-0.2, 0) is 14.8 Å². The van der Waals surface area contributed by atoms with Crippen LogP contribution in [0, 0.1) is 6.92 Å². The molecule has 2 N–H and O–H groups in total. The Hall–Kier alpha value is -1.44. The van der Waals surface area contributed by atoms with Gasteiger partial charge in [-0.25, -0.2) is 8.42 Å². The zero-order chi connectivity index (χ0) is 16.0. The van der Waals surface area contributed by atoms with Gasteiger partial charge in [-0.05, 0) is 31.7 Å². The fraction of sp³-hybridized carbons (Fsp3) is 0.500. The lowest BCUT2D eigenvalue weighted by Crippen LogP contribution is -2.31. The average Bonchev–Trinajstić information content (AvgIpc) is 2.42. The highest BCUT2D eigenvalue weighted by Crippen LogP contribution is 2.23. The molecule has 118 valence electrons. The molecule has 0 bridgehead atoms. The van der Waals surface area contributed by atoms with E-state index < -0.39 is 10.0 Å². The second-order valence-corrected chi connectivity index (χ2v) is 6.55. The van der Waals surface area contributed by atoms with Crippen LogP contribution in [0.4, 0.5) is 5.69 Å². The topological polar surface area (TPSA) is 78.5 Å². The molecule has 1 aromatic rings. The average molecular weight is 313 g/mol. The normalized spacial score (nSPS) is 11.7. The van der Waals surface area contributed by atoms with E-state index in [1.807, 2.05) is 0 Å². The third-order valence-electron chi connectivity index (χ3n) is 3.13. The highest BCUT2D eigenvalue weighted by Gasteiger charge is 2.23. The van der Waals surface area contributed by atoms with E-state index in [-0.39, 0.29) is 17.3 Å². The van der Waals surface area contributed by atoms with Crippen LogP contribution in [0.2, 0.25) is 0 Å². The van der Waals surface area contributed by atoms with Crippen LogP contribution >= 0.6 is 0 Å². The number of rotatable bonds is 7. The number of aryl methyl sites for hydroxylation is 1. The number of hydrogen-bond donors (Lipinski definition) is 2. The Morgan fingerprint density at radius 3 is 2.38 bits per heavy atom. The highest BCUT2D eigenvalue weighted by molar-refractivity contribution is 7.89. The number of amides is 1. The summed E-state index contributed by atoms with van der Waals surface area (Å²) >= 11 is 0. The number of sulfonamides is 1. The van der Waals surface area contributed by atoms with Crippen molar-refractivity contribution < 1.29 is 13.2 Å². The number of carbonyl (C=O) groups excluding carboxylic acids is 1. The summed E-state index contributed by atoms with van der Waals surface area (Å²) in [5.41, 5.74) is 1.14. The first-order valence-electron chi connectivity index (χ1n) is 6.92. The van der Waals surface area contributed by atoms with Crippen molar-refractivity contribution in [1.82, 2.24) is 9.62 Å². The van der Waals surface area contributed by atoms with Gasteiger partial charge in [0.1, 0.15) is 0 Å². The van der Waals surface area contributed by atoms with Crippen LogP contribution in [-0.4, -0.2) is 45.3 Å². The van der Waals surface area contributed by atoms with Gasteiger partial charge in [-0.1, -0.05) is 19.9 Å². The Morgan fingerprint density at radius 2 is 1.86 bits per heavy atom. The standard InChI is InChI=1S/C14H23N3O3S/c1-5-17(6-2)21(19,20)13-9-12(8-7-11(13)3)16-14(18)10-15-4/h7-9,15H,5-6,10H2,1-4H3,(H,16,18). The Morgan fingerprint density at radius 1 is 1.24 bits per heavy atom. The highest BCUT2D eigenvalue weighted by atomic mass is 32.2. The summed E-state index contributed by atoms with van der Waals surface area (Å²) in [6, 6.07) is 4.91. The first kappa shape index (κ1) is 17.6. The monoisotopic (exact) mass is 313 g/mol. The van der Waals surface area contributed by atoms with Crippen molar-refractivity contribution in [2.75, 3.05) is 32.0 Å². The summed E-state index contributed by atoms with van der Waals surface area (Å²) in [5, 5.41) is 5.42. The molecule has 1 amide bonds. The molecule has 6 nitrogen and oxygen atoms in total. The fourth-order valence-electron chi connectivity index (χ4n) is 2.02. The zero-order valence-electron chi connectivity index (χ0n) is 12.9. The SMILES string of the molecule is CCN(CC)S(=O)(=O)c1cc(NC(=O)CNC)ccc1C. The first-order valence-corrected chi connectivity index (χ1v) is 8.36. The molecule has 0 aromatic heterocycles. The number of likely N-dealkylation sites (N-methyl/N-ethyl adjacent to an activating group) is 1. The number of nitrogens with one attached hydrogen (secondary N) is 2. The van der Waals surface area contributed by atoms with Crippen molar-refractivity contribution in [3.8, 4) is 0 Å². The van der Waals surface area contributed by atoms with Gasteiger partial charge in [-0.3, -0.25) is 4.79 Å². The summed E-state index contributed by atoms with van der Waals surface area (Å²) in [4.78, 5) is 11.8. The van der Waals surface area contributed by atoms with Crippen molar-refractivity contribution in [3.63, 3.8) is 0 Å². The van der Waals surface area contributed by atoms with E-state index in [9.17, 15) is 13.2 Å². The van der Waals surface area contributed by atoms with Crippen molar-refractivity contribution >= 4 is 21.6 Å². The van der Waals surface area contributed by atoms with Crippen molar-refractivity contribution in [3.05, 3.63) is 23.8 Å². The molecule has 0 atom stereocenters. The molecular formula is C14H23N3O3S. The number of nitrogens with zero attached hydrogens (tertiary/aromatic N) is 1. The Kier molecular flexibility index (Phi) is 6.32. The van der Waals surface area contributed by atoms with Crippen LogP contribution in [0.1, 0.15) is 19.4 Å². The van der Waals surface area contributed by atoms with Gasteiger partial charge in [0.05, 0.1) is 11.4 Å². The van der Waals surface area contributed by atoms with E-state index in [0.717, 1.165) is 0 Å². The summed E-state index contributed by atoms with van der Waals surface area (Å²) in [7, 11) is -1.86. The number of anilines is 1. The van der Waals surface area contributed by atoms with E-state index in [1.54, 1.807) is 40.0 Å². The Bertz CT molecular complexity index is 595. The Labute approximate surface area is 126 Å². The molecule has 0 saturated carbocycles. The van der Waals surface area contributed by atoms with Gasteiger partial charge in [0, 0.05) is 18.8 Å².